The Morgan fingerprint density at radius 1 is 1.29 bits per heavy atom. The van der Waals surface area contributed by atoms with E-state index < -0.39 is 0 Å². The highest BCUT2D eigenvalue weighted by Crippen LogP contribution is 2.25. The van der Waals surface area contributed by atoms with Crippen LogP contribution < -0.4 is 5.32 Å². The molecule has 1 aromatic carbocycles. The number of aromatic amines is 1. The molecule has 0 saturated heterocycles. The fourth-order valence-corrected chi connectivity index (χ4v) is 2.50. The molecule has 0 aliphatic carbocycles. The Hall–Kier alpha value is -2.73. The van der Waals surface area contributed by atoms with Crippen LogP contribution in [0.5, 0.6) is 0 Å². The van der Waals surface area contributed by atoms with Crippen LogP contribution in [0.15, 0.2) is 42.9 Å². The van der Waals surface area contributed by atoms with Gasteiger partial charge in [-0.2, -0.15) is 0 Å². The lowest BCUT2D eigenvalue weighted by atomic mass is 10.1. The molecule has 2 N–H and O–H groups in total. The Morgan fingerprint density at radius 3 is 2.75 bits per heavy atom. The van der Waals surface area contributed by atoms with E-state index in [4.69, 9.17) is 11.6 Å². The van der Waals surface area contributed by atoms with Crippen LogP contribution in [0.3, 0.4) is 0 Å². The molecule has 24 heavy (non-hydrogen) atoms. The maximum atomic E-state index is 12.9. The van der Waals surface area contributed by atoms with Gasteiger partial charge in [-0.05, 0) is 30.2 Å². The van der Waals surface area contributed by atoms with Crippen LogP contribution >= 0.6 is 11.6 Å². The smallest absolute Gasteiger partial charge is 0.268 e. The highest BCUT2D eigenvalue weighted by Gasteiger charge is 2.16. The number of carbonyl (C=O) groups excluding carboxylic acids is 1. The van der Waals surface area contributed by atoms with E-state index in [2.05, 4.69) is 20.3 Å². The zero-order chi connectivity index (χ0) is 17.1. The van der Waals surface area contributed by atoms with Crippen LogP contribution in [0.1, 0.15) is 21.6 Å². The van der Waals surface area contributed by atoms with Crippen molar-refractivity contribution in [2.75, 3.05) is 0 Å². The summed E-state index contributed by atoms with van der Waals surface area (Å²) in [6.45, 7) is 2.14. The van der Waals surface area contributed by atoms with Crippen molar-refractivity contribution in [1.29, 1.82) is 0 Å². The predicted molar refractivity (Wildman–Crippen MR) is 89.1 cm³/mol. The third-order valence-corrected chi connectivity index (χ3v) is 3.85. The second-order valence-electron chi connectivity index (χ2n) is 5.24. The van der Waals surface area contributed by atoms with Gasteiger partial charge in [-0.1, -0.05) is 23.7 Å². The first-order chi connectivity index (χ1) is 11.5. The molecule has 0 bridgehead atoms. The molecule has 1 amide bonds. The summed E-state index contributed by atoms with van der Waals surface area (Å²) in [6, 6.07) is 7.62. The highest BCUT2D eigenvalue weighted by atomic mass is 35.5. The van der Waals surface area contributed by atoms with Gasteiger partial charge < -0.3 is 10.3 Å². The van der Waals surface area contributed by atoms with Gasteiger partial charge in [-0.3, -0.25) is 4.79 Å². The third-order valence-electron chi connectivity index (χ3n) is 3.64. The molecule has 122 valence electrons. The largest absolute Gasteiger partial charge is 0.356 e. The molecule has 3 rings (SSSR count). The second kappa shape index (κ2) is 6.80. The molecule has 0 fully saturated rings. The predicted octanol–water partition coefficient (Wildman–Crippen LogP) is 3.50. The van der Waals surface area contributed by atoms with Gasteiger partial charge in [0.15, 0.2) is 0 Å². The standard InChI is InChI=1S/C17H14ClFN4O/c1-10-13(14-6-15(18)23-9-22-14)8-20-16(10)17(24)21-7-11-2-4-12(19)5-3-11/h2-6,8-9,20H,7H2,1H3,(H,21,24). The van der Waals surface area contributed by atoms with Crippen molar-refractivity contribution >= 4 is 17.5 Å². The number of amides is 1. The van der Waals surface area contributed by atoms with Gasteiger partial charge in [-0.15, -0.1) is 0 Å². The quantitative estimate of drug-likeness (QED) is 0.711. The maximum absolute atomic E-state index is 12.9. The molecule has 0 aliphatic rings. The Labute approximate surface area is 142 Å². The van der Waals surface area contributed by atoms with Crippen LogP contribution in [0.25, 0.3) is 11.3 Å². The Bertz CT molecular complexity index is 877. The van der Waals surface area contributed by atoms with Crippen molar-refractivity contribution in [3.05, 3.63) is 70.6 Å². The van der Waals surface area contributed by atoms with E-state index in [1.807, 2.05) is 6.92 Å². The lowest BCUT2D eigenvalue weighted by Gasteiger charge is -2.06. The van der Waals surface area contributed by atoms with Crippen molar-refractivity contribution in [3.8, 4) is 11.3 Å². The summed E-state index contributed by atoms with van der Waals surface area (Å²) >= 11 is 5.88. The highest BCUT2D eigenvalue weighted by molar-refractivity contribution is 6.29. The maximum Gasteiger partial charge on any atom is 0.268 e. The number of carbonyl (C=O) groups is 1. The fraction of sp³-hybridized carbons (Fsp3) is 0.118. The number of hydrogen-bond donors (Lipinski definition) is 2. The van der Waals surface area contributed by atoms with Crippen LogP contribution in [-0.4, -0.2) is 20.9 Å². The molecule has 0 atom stereocenters. The average molecular weight is 345 g/mol. The van der Waals surface area contributed by atoms with Gasteiger partial charge in [0.2, 0.25) is 0 Å². The molecule has 0 saturated carbocycles. The Balaban J connectivity index is 1.75. The summed E-state index contributed by atoms with van der Waals surface area (Å²) in [5.41, 5.74) is 3.45. The summed E-state index contributed by atoms with van der Waals surface area (Å²) in [4.78, 5) is 23.3. The Kier molecular flexibility index (Phi) is 4.57. The lowest BCUT2D eigenvalue weighted by Crippen LogP contribution is -2.23. The van der Waals surface area contributed by atoms with E-state index in [-0.39, 0.29) is 11.7 Å². The summed E-state index contributed by atoms with van der Waals surface area (Å²) < 4.78 is 12.9. The minimum Gasteiger partial charge on any atom is -0.356 e. The first-order valence-electron chi connectivity index (χ1n) is 7.23. The number of rotatable bonds is 4. The minimum absolute atomic E-state index is 0.247. The molecular weight excluding hydrogens is 331 g/mol. The molecule has 0 spiro atoms. The molecular formula is C17H14ClFN4O. The number of halogens is 2. The number of benzene rings is 1. The number of H-pyrrole nitrogens is 1. The van der Waals surface area contributed by atoms with E-state index in [0.717, 1.165) is 16.7 Å². The molecule has 3 aromatic rings. The Morgan fingerprint density at radius 2 is 2.04 bits per heavy atom. The van der Waals surface area contributed by atoms with Crippen molar-refractivity contribution in [2.24, 2.45) is 0 Å². The summed E-state index contributed by atoms with van der Waals surface area (Å²) in [7, 11) is 0. The van der Waals surface area contributed by atoms with E-state index >= 15 is 0 Å². The van der Waals surface area contributed by atoms with Crippen LogP contribution in [-0.2, 0) is 6.54 Å². The third kappa shape index (κ3) is 3.44. The van der Waals surface area contributed by atoms with E-state index in [1.54, 1.807) is 24.4 Å². The molecule has 0 aliphatic heterocycles. The van der Waals surface area contributed by atoms with E-state index in [1.165, 1.54) is 18.5 Å². The topological polar surface area (TPSA) is 70.7 Å². The number of nitrogens with zero attached hydrogens (tertiary/aromatic N) is 2. The average Bonchev–Trinajstić information content (AvgIpc) is 2.96. The van der Waals surface area contributed by atoms with E-state index in [9.17, 15) is 9.18 Å². The van der Waals surface area contributed by atoms with Crippen LogP contribution in [0, 0.1) is 12.7 Å². The molecule has 7 heteroatoms. The van der Waals surface area contributed by atoms with Gasteiger partial charge >= 0.3 is 0 Å². The van der Waals surface area contributed by atoms with Crippen LogP contribution in [0.4, 0.5) is 4.39 Å². The van der Waals surface area contributed by atoms with Crippen molar-refractivity contribution in [3.63, 3.8) is 0 Å². The summed E-state index contributed by atoms with van der Waals surface area (Å²) in [5.74, 6) is -0.554. The fourth-order valence-electron chi connectivity index (χ4n) is 2.35. The number of hydrogen-bond acceptors (Lipinski definition) is 3. The van der Waals surface area contributed by atoms with Crippen LogP contribution in [0.2, 0.25) is 5.15 Å². The summed E-state index contributed by atoms with van der Waals surface area (Å²) in [5, 5.41) is 3.14. The lowest BCUT2D eigenvalue weighted by molar-refractivity contribution is 0.0946. The van der Waals surface area contributed by atoms with Crippen molar-refractivity contribution < 1.29 is 9.18 Å². The van der Waals surface area contributed by atoms with E-state index in [0.29, 0.717) is 23.1 Å². The molecule has 0 radical (unpaired) electrons. The normalized spacial score (nSPS) is 10.6. The SMILES string of the molecule is Cc1c(-c2cc(Cl)ncn2)c[nH]c1C(=O)NCc1ccc(F)cc1. The van der Waals surface area contributed by atoms with Gasteiger partial charge in [0.25, 0.3) is 5.91 Å². The minimum atomic E-state index is -0.307. The van der Waals surface area contributed by atoms with Gasteiger partial charge in [0.05, 0.1) is 5.69 Å². The van der Waals surface area contributed by atoms with Gasteiger partial charge in [-0.25, -0.2) is 14.4 Å². The monoisotopic (exact) mass is 344 g/mol. The zero-order valence-electron chi connectivity index (χ0n) is 12.8. The number of nitrogens with one attached hydrogen (secondary N) is 2. The molecule has 2 heterocycles. The van der Waals surface area contributed by atoms with Gasteiger partial charge in [0, 0.05) is 24.4 Å². The van der Waals surface area contributed by atoms with Gasteiger partial charge in [0.1, 0.15) is 23.0 Å². The number of aromatic nitrogens is 3. The van der Waals surface area contributed by atoms with Crippen molar-refractivity contribution in [1.82, 2.24) is 20.3 Å². The van der Waals surface area contributed by atoms with Crippen molar-refractivity contribution in [2.45, 2.75) is 13.5 Å². The molecule has 0 unspecified atom stereocenters. The first kappa shape index (κ1) is 16.1. The summed E-state index contributed by atoms with van der Waals surface area (Å²) in [6.07, 6.45) is 3.08. The molecule has 5 nitrogen and oxygen atoms in total. The second-order valence-corrected chi connectivity index (χ2v) is 5.62. The zero-order valence-corrected chi connectivity index (χ0v) is 13.6. The molecule has 2 aromatic heterocycles. The first-order valence-corrected chi connectivity index (χ1v) is 7.61.